The number of benzene rings is 6. The standard InChI is InChI=1S/6C16H20N/c1-11-6-7-13(3)15(9-11)16-10-12(2)8-14(4)17(16)5;2*1-11-9-14(4)17(5)15(10-11)16-12(2)7-6-8-13(16)3;1-11-7-6-8-15(13(11)3)16-10-9-12(2)14(4)17(16)5;2*1-11-8-6-7-9-15(11)16-14(4)12(2)10-13(3)17(16)5/h6*6-10H,1-5H3/q6*+1. The van der Waals surface area contributed by atoms with Crippen molar-refractivity contribution in [1.82, 2.24) is 0 Å². The van der Waals surface area contributed by atoms with E-state index in [4.69, 9.17) is 0 Å². The summed E-state index contributed by atoms with van der Waals surface area (Å²) in [5.41, 5.74) is 47.8. The monoisotopic (exact) mass is 1360 g/mol. The molecular weight excluding hydrogens is 1240 g/mol. The van der Waals surface area contributed by atoms with Gasteiger partial charge in [0.1, 0.15) is 42.3 Å². The number of rotatable bonds is 6. The molecule has 0 fully saturated rings. The van der Waals surface area contributed by atoms with Gasteiger partial charge < -0.3 is 0 Å². The SMILES string of the molecule is Cc1cc(C)[n+](C)c(-c2c(C)cccc2C)c1.Cc1cc(C)[n+](C)c(-c2c(C)cccc2C)c1.Cc1ccc(C)c(-c2cc(C)cc(C)[n+]2C)c1.Cc1cccc(-c2ccc(C)c(C)[n+]2C)c1C.Cc1ccccc1-c1c(C)c(C)cc(C)[n+]1C.Cc1ccccc1-c1c(C)c(C)cc(C)[n+]1C. The van der Waals surface area contributed by atoms with Gasteiger partial charge in [0.15, 0.2) is 34.2 Å². The molecule has 6 aromatic heterocycles. The lowest BCUT2D eigenvalue weighted by Gasteiger charge is -2.10. The Balaban J connectivity index is 0.000000172. The van der Waals surface area contributed by atoms with E-state index in [1.807, 2.05) is 0 Å². The zero-order valence-electron chi connectivity index (χ0n) is 68.0. The van der Waals surface area contributed by atoms with Crippen molar-refractivity contribution in [3.8, 4) is 67.5 Å². The molecule has 0 aliphatic carbocycles. The minimum Gasteiger partial charge on any atom is -0.199 e. The van der Waals surface area contributed by atoms with E-state index in [0.717, 1.165) is 0 Å². The summed E-state index contributed by atoms with van der Waals surface area (Å²) in [5, 5.41) is 0. The average molecular weight is 1360 g/mol. The van der Waals surface area contributed by atoms with Crippen LogP contribution in [0.4, 0.5) is 0 Å². The maximum atomic E-state index is 2.28. The molecule has 0 unspecified atom stereocenters. The van der Waals surface area contributed by atoms with Crippen molar-refractivity contribution in [3.05, 3.63) is 316 Å². The summed E-state index contributed by atoms with van der Waals surface area (Å²) in [7, 11) is 12.8. The predicted octanol–water partition coefficient (Wildman–Crippen LogP) is 20.5. The van der Waals surface area contributed by atoms with E-state index in [2.05, 4.69) is 418 Å². The number of aromatic nitrogens is 6. The minimum atomic E-state index is 1.29. The lowest BCUT2D eigenvalue weighted by Crippen LogP contribution is -2.36. The van der Waals surface area contributed by atoms with Gasteiger partial charge in [-0.25, -0.2) is 0 Å². The maximum Gasteiger partial charge on any atom is 0.215 e. The first-order chi connectivity index (χ1) is 48.1. The number of hydrogen-bond acceptors (Lipinski definition) is 0. The van der Waals surface area contributed by atoms with E-state index in [-0.39, 0.29) is 0 Å². The van der Waals surface area contributed by atoms with Crippen molar-refractivity contribution < 1.29 is 27.4 Å². The van der Waals surface area contributed by atoms with Crippen LogP contribution in [-0.4, -0.2) is 0 Å². The molecule has 6 heteroatoms. The molecule has 0 spiro atoms. The van der Waals surface area contributed by atoms with Crippen LogP contribution in [0.3, 0.4) is 0 Å². The Kier molecular flexibility index (Phi) is 27.1. The molecule has 12 rings (SSSR count). The second kappa shape index (κ2) is 34.7. The second-order valence-electron chi connectivity index (χ2n) is 29.1. The minimum absolute atomic E-state index is 1.29. The summed E-state index contributed by atoms with van der Waals surface area (Å²) < 4.78 is 13.6. The smallest absolute Gasteiger partial charge is 0.199 e. The van der Waals surface area contributed by atoms with Gasteiger partial charge in [-0.05, 0) is 233 Å². The molecule has 528 valence electrons. The van der Waals surface area contributed by atoms with Gasteiger partial charge in [-0.2, -0.15) is 27.4 Å². The molecular formula is C96H120N6+6. The van der Waals surface area contributed by atoms with Crippen molar-refractivity contribution in [1.29, 1.82) is 0 Å². The Morgan fingerprint density at radius 1 is 0.186 bits per heavy atom. The zero-order chi connectivity index (χ0) is 75.5. The van der Waals surface area contributed by atoms with E-state index in [9.17, 15) is 0 Å². The molecule has 0 saturated carbocycles. The summed E-state index contributed by atoms with van der Waals surface area (Å²) in [5.74, 6) is 0. The fourth-order valence-corrected chi connectivity index (χ4v) is 14.0. The van der Waals surface area contributed by atoms with Crippen molar-refractivity contribution in [2.45, 2.75) is 166 Å². The topological polar surface area (TPSA) is 23.3 Å². The fraction of sp³-hybridized carbons (Fsp3) is 0.312. The van der Waals surface area contributed by atoms with Crippen LogP contribution in [0.5, 0.6) is 0 Å². The van der Waals surface area contributed by atoms with Crippen molar-refractivity contribution >= 4 is 0 Å². The van der Waals surface area contributed by atoms with Crippen LogP contribution in [0, 0.1) is 166 Å². The molecule has 0 atom stereocenters. The second-order valence-corrected chi connectivity index (χ2v) is 29.1. The van der Waals surface area contributed by atoms with Gasteiger partial charge in [0.2, 0.25) is 34.2 Å². The van der Waals surface area contributed by atoms with E-state index < -0.39 is 0 Å². The lowest BCUT2D eigenvalue weighted by molar-refractivity contribution is -0.667. The first-order valence-electron chi connectivity index (χ1n) is 36.3. The number of nitrogens with zero attached hydrogens (tertiary/aromatic N) is 6. The number of hydrogen-bond donors (Lipinski definition) is 0. The van der Waals surface area contributed by atoms with Crippen molar-refractivity contribution in [2.75, 3.05) is 0 Å². The molecule has 6 heterocycles. The third-order valence-electron chi connectivity index (χ3n) is 21.3. The van der Waals surface area contributed by atoms with Crippen LogP contribution < -0.4 is 27.4 Å². The Bertz CT molecular complexity index is 4730. The van der Waals surface area contributed by atoms with Gasteiger partial charge in [-0.3, -0.25) is 0 Å². The summed E-state index contributed by atoms with van der Waals surface area (Å²) >= 11 is 0. The maximum absolute atomic E-state index is 2.28. The van der Waals surface area contributed by atoms with Crippen molar-refractivity contribution in [2.24, 2.45) is 42.3 Å². The van der Waals surface area contributed by atoms with Crippen LogP contribution in [0.2, 0.25) is 0 Å². The molecule has 0 N–H and O–H groups in total. The van der Waals surface area contributed by atoms with Gasteiger partial charge in [0, 0.05) is 135 Å². The highest BCUT2D eigenvalue weighted by Gasteiger charge is 2.24. The Labute approximate surface area is 616 Å². The van der Waals surface area contributed by atoms with Gasteiger partial charge >= 0.3 is 0 Å². The Morgan fingerprint density at radius 3 is 0.922 bits per heavy atom. The van der Waals surface area contributed by atoms with Crippen LogP contribution in [0.1, 0.15) is 134 Å². The number of aryl methyl sites for hydroxylation is 20. The predicted molar refractivity (Wildman–Crippen MR) is 432 cm³/mol. The molecule has 6 aromatic carbocycles. The normalized spacial score (nSPS) is 10.6. The van der Waals surface area contributed by atoms with Crippen LogP contribution >= 0.6 is 0 Å². The van der Waals surface area contributed by atoms with E-state index in [1.165, 1.54) is 202 Å². The quantitative estimate of drug-likeness (QED) is 0.148. The van der Waals surface area contributed by atoms with Crippen LogP contribution in [0.25, 0.3) is 67.5 Å². The van der Waals surface area contributed by atoms with E-state index in [0.29, 0.717) is 0 Å². The van der Waals surface area contributed by atoms with Crippen molar-refractivity contribution in [3.63, 3.8) is 0 Å². The van der Waals surface area contributed by atoms with E-state index in [1.54, 1.807) is 0 Å². The van der Waals surface area contributed by atoms with Gasteiger partial charge in [-0.15, -0.1) is 0 Å². The molecule has 0 radical (unpaired) electrons. The summed E-state index contributed by atoms with van der Waals surface area (Å²) in [6.07, 6.45) is 0. The Hall–Kier alpha value is -9.78. The first-order valence-corrected chi connectivity index (χ1v) is 36.3. The van der Waals surface area contributed by atoms with Crippen LogP contribution in [0.15, 0.2) is 182 Å². The molecule has 0 aliphatic rings. The third-order valence-corrected chi connectivity index (χ3v) is 21.3. The molecule has 0 amide bonds. The Morgan fingerprint density at radius 2 is 0.510 bits per heavy atom. The van der Waals surface area contributed by atoms with Gasteiger partial charge in [-0.1, -0.05) is 103 Å². The largest absolute Gasteiger partial charge is 0.215 e. The highest BCUT2D eigenvalue weighted by Crippen LogP contribution is 2.31. The molecule has 12 aromatic rings. The highest BCUT2D eigenvalue weighted by atomic mass is 15.0. The summed E-state index contributed by atoms with van der Waals surface area (Å²) in [6.45, 7) is 52.1. The lowest BCUT2D eigenvalue weighted by atomic mass is 9.98. The van der Waals surface area contributed by atoms with Crippen LogP contribution in [-0.2, 0) is 42.3 Å². The van der Waals surface area contributed by atoms with Gasteiger partial charge in [0.25, 0.3) is 0 Å². The number of pyridine rings is 6. The zero-order valence-corrected chi connectivity index (χ0v) is 68.0. The average Bonchev–Trinajstić information content (AvgIpc) is 0.853. The van der Waals surface area contributed by atoms with Gasteiger partial charge in [0.05, 0.1) is 11.1 Å². The molecule has 0 aliphatic heterocycles. The molecule has 6 nitrogen and oxygen atoms in total. The molecule has 0 saturated heterocycles. The fourth-order valence-electron chi connectivity index (χ4n) is 14.0. The third kappa shape index (κ3) is 18.7. The summed E-state index contributed by atoms with van der Waals surface area (Å²) in [4.78, 5) is 0. The molecule has 0 bridgehead atoms. The molecule has 102 heavy (non-hydrogen) atoms. The summed E-state index contributed by atoms with van der Waals surface area (Å²) in [6, 6.07) is 65.6. The first kappa shape index (κ1) is 79.5. The highest BCUT2D eigenvalue weighted by molar-refractivity contribution is 5.69. The van der Waals surface area contributed by atoms with E-state index >= 15 is 0 Å².